The highest BCUT2D eigenvalue weighted by molar-refractivity contribution is 5.93. The lowest BCUT2D eigenvalue weighted by Crippen LogP contribution is -2.33. The van der Waals surface area contributed by atoms with E-state index in [0.717, 1.165) is 36.2 Å². The smallest absolute Gasteiger partial charge is 0.156 e. The van der Waals surface area contributed by atoms with Gasteiger partial charge in [-0.25, -0.2) is 0 Å². The molecule has 0 radical (unpaired) electrons. The van der Waals surface area contributed by atoms with Gasteiger partial charge in [0.15, 0.2) is 5.78 Å². The Hall–Kier alpha value is -1.15. The molecule has 1 N–H and O–H groups in total. The van der Waals surface area contributed by atoms with Crippen molar-refractivity contribution >= 4 is 5.78 Å². The second kappa shape index (κ2) is 5.49. The zero-order chi connectivity index (χ0) is 15.3. The Morgan fingerprint density at radius 1 is 1.09 bits per heavy atom. The maximum atomic E-state index is 11.7. The minimum Gasteiger partial charge on any atom is -0.392 e. The molecule has 0 aromatic carbocycles. The van der Waals surface area contributed by atoms with Crippen molar-refractivity contribution in [3.63, 3.8) is 0 Å². The third-order valence-corrected chi connectivity index (χ3v) is 6.77. The van der Waals surface area contributed by atoms with Crippen LogP contribution >= 0.6 is 0 Å². The highest BCUT2D eigenvalue weighted by Crippen LogP contribution is 2.56. The van der Waals surface area contributed by atoms with Gasteiger partial charge in [-0.2, -0.15) is 0 Å². The third kappa shape index (κ3) is 2.15. The molecular formula is C20H26O2. The lowest BCUT2D eigenvalue weighted by atomic mass is 9.62. The molecule has 0 heterocycles. The van der Waals surface area contributed by atoms with Crippen LogP contribution in [0.5, 0.6) is 0 Å². The quantitative estimate of drug-likeness (QED) is 0.783. The minimum atomic E-state index is 0.154. The lowest BCUT2D eigenvalue weighted by molar-refractivity contribution is -0.114. The molecule has 0 aromatic heterocycles. The van der Waals surface area contributed by atoms with E-state index >= 15 is 0 Å². The summed E-state index contributed by atoms with van der Waals surface area (Å²) in [6.07, 6.45) is 10.9. The highest BCUT2D eigenvalue weighted by atomic mass is 16.3. The van der Waals surface area contributed by atoms with Gasteiger partial charge in [-0.1, -0.05) is 12.2 Å². The standard InChI is InChI=1S/C20H26O2/c1-12(11-21)15-6-7-20-17(15)8-9-18-16-5-3-14(22)10-13(16)2-4-19(18)20/h10,15,17,19-21H,1-9,11H2. The van der Waals surface area contributed by atoms with Crippen LogP contribution in [-0.2, 0) is 4.79 Å². The summed E-state index contributed by atoms with van der Waals surface area (Å²) in [6.45, 7) is 4.27. The maximum Gasteiger partial charge on any atom is 0.156 e. The number of hydrogen-bond acceptors (Lipinski definition) is 2. The number of allylic oxidation sites excluding steroid dienone is 4. The second-order valence-corrected chi connectivity index (χ2v) is 7.65. The number of ketones is 1. The van der Waals surface area contributed by atoms with Crippen molar-refractivity contribution in [1.82, 2.24) is 0 Å². The molecule has 2 fully saturated rings. The van der Waals surface area contributed by atoms with Crippen LogP contribution in [0.3, 0.4) is 0 Å². The van der Waals surface area contributed by atoms with Gasteiger partial charge in [0, 0.05) is 6.42 Å². The Balaban J connectivity index is 1.63. The molecule has 4 aliphatic carbocycles. The van der Waals surface area contributed by atoms with Crippen molar-refractivity contribution in [2.75, 3.05) is 6.61 Å². The first-order chi connectivity index (χ1) is 10.7. The first-order valence-electron chi connectivity index (χ1n) is 8.93. The van der Waals surface area contributed by atoms with Crippen molar-refractivity contribution in [3.8, 4) is 0 Å². The molecule has 4 aliphatic rings. The fraction of sp³-hybridized carbons (Fsp3) is 0.650. The Morgan fingerprint density at radius 2 is 1.95 bits per heavy atom. The Morgan fingerprint density at radius 3 is 2.77 bits per heavy atom. The van der Waals surface area contributed by atoms with Crippen molar-refractivity contribution < 1.29 is 9.90 Å². The van der Waals surface area contributed by atoms with Crippen molar-refractivity contribution in [3.05, 3.63) is 34.9 Å². The van der Waals surface area contributed by atoms with E-state index in [2.05, 4.69) is 6.58 Å². The zero-order valence-electron chi connectivity index (χ0n) is 13.3. The van der Waals surface area contributed by atoms with Crippen LogP contribution in [0, 0.1) is 23.7 Å². The number of rotatable bonds is 2. The molecule has 0 aromatic rings. The molecule has 4 unspecified atom stereocenters. The van der Waals surface area contributed by atoms with Crippen LogP contribution in [0.1, 0.15) is 51.4 Å². The van der Waals surface area contributed by atoms with Gasteiger partial charge in [-0.3, -0.25) is 4.79 Å². The van der Waals surface area contributed by atoms with Gasteiger partial charge >= 0.3 is 0 Å². The van der Waals surface area contributed by atoms with Crippen molar-refractivity contribution in [2.45, 2.75) is 51.4 Å². The van der Waals surface area contributed by atoms with Gasteiger partial charge < -0.3 is 5.11 Å². The monoisotopic (exact) mass is 298 g/mol. The minimum absolute atomic E-state index is 0.154. The number of fused-ring (bicyclic) bond motifs is 4. The topological polar surface area (TPSA) is 37.3 Å². The molecule has 4 atom stereocenters. The Labute approximate surface area is 133 Å². The van der Waals surface area contributed by atoms with Crippen LogP contribution in [0.4, 0.5) is 0 Å². The van der Waals surface area contributed by atoms with Crippen LogP contribution in [-0.4, -0.2) is 17.5 Å². The van der Waals surface area contributed by atoms with Gasteiger partial charge in [-0.15, -0.1) is 0 Å². The van der Waals surface area contributed by atoms with E-state index in [1.807, 2.05) is 6.08 Å². The number of aliphatic hydroxyl groups is 1. The van der Waals surface area contributed by atoms with Gasteiger partial charge in [0.1, 0.15) is 0 Å². The molecule has 4 rings (SSSR count). The summed E-state index contributed by atoms with van der Waals surface area (Å²) in [4.78, 5) is 11.7. The summed E-state index contributed by atoms with van der Waals surface area (Å²) in [5.41, 5.74) is 5.67. The average Bonchev–Trinajstić information content (AvgIpc) is 2.97. The van der Waals surface area contributed by atoms with E-state index in [1.54, 1.807) is 11.1 Å². The normalized spacial score (nSPS) is 37.3. The van der Waals surface area contributed by atoms with Crippen LogP contribution < -0.4 is 0 Å². The molecule has 0 aliphatic heterocycles. The van der Waals surface area contributed by atoms with E-state index < -0.39 is 0 Å². The molecule has 22 heavy (non-hydrogen) atoms. The summed E-state index contributed by atoms with van der Waals surface area (Å²) >= 11 is 0. The van der Waals surface area contributed by atoms with E-state index in [1.165, 1.54) is 37.7 Å². The number of aliphatic hydroxyl groups excluding tert-OH is 1. The first-order valence-corrected chi connectivity index (χ1v) is 8.93. The van der Waals surface area contributed by atoms with E-state index in [-0.39, 0.29) is 6.61 Å². The Bertz CT molecular complexity index is 581. The van der Waals surface area contributed by atoms with Crippen LogP contribution in [0.2, 0.25) is 0 Å². The van der Waals surface area contributed by atoms with Gasteiger partial charge in [0.05, 0.1) is 6.61 Å². The van der Waals surface area contributed by atoms with E-state index in [9.17, 15) is 9.90 Å². The molecule has 0 bridgehead atoms. The molecule has 0 saturated heterocycles. The summed E-state index contributed by atoms with van der Waals surface area (Å²) in [7, 11) is 0. The van der Waals surface area contributed by atoms with Gasteiger partial charge in [0.25, 0.3) is 0 Å². The van der Waals surface area contributed by atoms with Crippen LogP contribution in [0.15, 0.2) is 34.9 Å². The maximum absolute atomic E-state index is 11.7. The lowest BCUT2D eigenvalue weighted by Gasteiger charge is -2.43. The molecular weight excluding hydrogens is 272 g/mol. The number of carbonyl (C=O) groups is 1. The second-order valence-electron chi connectivity index (χ2n) is 7.65. The van der Waals surface area contributed by atoms with Gasteiger partial charge in [0.2, 0.25) is 0 Å². The molecule has 2 saturated carbocycles. The molecule has 0 spiro atoms. The highest BCUT2D eigenvalue weighted by Gasteiger charge is 2.46. The predicted molar refractivity (Wildman–Crippen MR) is 87.2 cm³/mol. The summed E-state index contributed by atoms with van der Waals surface area (Å²) in [6, 6.07) is 0. The number of carbonyl (C=O) groups excluding carboxylic acids is 1. The predicted octanol–water partition coefficient (Wildman–Crippen LogP) is 3.97. The molecule has 118 valence electrons. The molecule has 2 nitrogen and oxygen atoms in total. The third-order valence-electron chi connectivity index (χ3n) is 6.77. The largest absolute Gasteiger partial charge is 0.392 e. The van der Waals surface area contributed by atoms with E-state index in [4.69, 9.17) is 0 Å². The first kappa shape index (κ1) is 14.4. The summed E-state index contributed by atoms with van der Waals surface area (Å²) < 4.78 is 0. The summed E-state index contributed by atoms with van der Waals surface area (Å²) in [5, 5.41) is 9.45. The van der Waals surface area contributed by atoms with Gasteiger partial charge in [-0.05, 0) is 91.4 Å². The Kier molecular flexibility index (Phi) is 3.60. The van der Waals surface area contributed by atoms with Crippen molar-refractivity contribution in [2.24, 2.45) is 23.7 Å². The number of hydrogen-bond donors (Lipinski definition) is 1. The fourth-order valence-corrected chi connectivity index (χ4v) is 5.83. The van der Waals surface area contributed by atoms with Crippen LogP contribution in [0.25, 0.3) is 0 Å². The molecule has 0 amide bonds. The zero-order valence-corrected chi connectivity index (χ0v) is 13.3. The fourth-order valence-electron chi connectivity index (χ4n) is 5.83. The summed E-state index contributed by atoms with van der Waals surface area (Å²) in [5.74, 6) is 3.15. The van der Waals surface area contributed by atoms with Crippen molar-refractivity contribution in [1.29, 1.82) is 0 Å². The molecule has 2 heteroatoms. The average molecular weight is 298 g/mol. The SMILES string of the molecule is C=C(CO)C1CCC2C3CCC4=CC(=O)CCC4=C3CCC12. The van der Waals surface area contributed by atoms with E-state index in [0.29, 0.717) is 18.1 Å².